The van der Waals surface area contributed by atoms with Crippen molar-refractivity contribution in [1.29, 1.82) is 0 Å². The normalized spacial score (nSPS) is 11.4. The molecule has 7 heteroatoms. The fraction of sp³-hybridized carbons (Fsp3) is 0.381. The molecular weight excluding hydrogens is 378 g/mol. The first kappa shape index (κ1) is 21.8. The molecule has 0 unspecified atom stereocenters. The maximum absolute atomic E-state index is 12.8. The van der Waals surface area contributed by atoms with Crippen LogP contribution in [0.1, 0.15) is 61.9 Å². The molecule has 28 heavy (non-hydrogen) atoms. The maximum Gasteiger partial charge on any atom is 0.335 e. The molecule has 0 saturated carbocycles. The highest BCUT2D eigenvalue weighted by molar-refractivity contribution is 7.92. The summed E-state index contributed by atoms with van der Waals surface area (Å²) in [4.78, 5) is 11.2. The second-order valence-electron chi connectivity index (χ2n) is 6.90. The van der Waals surface area contributed by atoms with E-state index in [2.05, 4.69) is 11.6 Å². The molecule has 0 heterocycles. The second-order valence-corrected chi connectivity index (χ2v) is 8.58. The molecule has 0 radical (unpaired) electrons. The van der Waals surface area contributed by atoms with Gasteiger partial charge < -0.3 is 9.84 Å². The van der Waals surface area contributed by atoms with Gasteiger partial charge in [-0.25, -0.2) is 13.2 Å². The number of benzene rings is 2. The highest BCUT2D eigenvalue weighted by Gasteiger charge is 2.19. The van der Waals surface area contributed by atoms with E-state index in [9.17, 15) is 13.2 Å². The zero-order valence-electron chi connectivity index (χ0n) is 16.4. The molecule has 152 valence electrons. The van der Waals surface area contributed by atoms with E-state index in [0.29, 0.717) is 12.4 Å². The number of nitrogens with one attached hydrogen (secondary N) is 1. The van der Waals surface area contributed by atoms with Gasteiger partial charge in [-0.1, -0.05) is 39.7 Å². The van der Waals surface area contributed by atoms with Crippen LogP contribution in [-0.4, -0.2) is 26.1 Å². The summed E-state index contributed by atoms with van der Waals surface area (Å²) in [7, 11) is -3.86. The monoisotopic (exact) mass is 405 g/mol. The fourth-order valence-corrected chi connectivity index (χ4v) is 3.82. The quantitative estimate of drug-likeness (QED) is 0.550. The summed E-state index contributed by atoms with van der Waals surface area (Å²) in [5.41, 5.74) is 1.03. The van der Waals surface area contributed by atoms with Crippen LogP contribution in [-0.2, 0) is 10.0 Å². The number of rotatable bonds is 10. The lowest BCUT2D eigenvalue weighted by Gasteiger charge is -2.16. The molecule has 6 nitrogen and oxygen atoms in total. The fourth-order valence-electron chi connectivity index (χ4n) is 2.74. The molecule has 0 aliphatic rings. The minimum Gasteiger partial charge on any atom is -0.493 e. The summed E-state index contributed by atoms with van der Waals surface area (Å²) < 4.78 is 33.8. The highest BCUT2D eigenvalue weighted by atomic mass is 32.2. The third kappa shape index (κ3) is 5.73. The van der Waals surface area contributed by atoms with Gasteiger partial charge in [-0.05, 0) is 54.3 Å². The number of anilines is 1. The first-order chi connectivity index (χ1) is 13.2. The Hall–Kier alpha value is -2.54. The van der Waals surface area contributed by atoms with Crippen LogP contribution in [0.15, 0.2) is 47.4 Å². The van der Waals surface area contributed by atoms with Crippen LogP contribution < -0.4 is 9.46 Å². The second kappa shape index (κ2) is 9.59. The average molecular weight is 406 g/mol. The molecule has 0 aliphatic heterocycles. The van der Waals surface area contributed by atoms with Gasteiger partial charge in [-0.15, -0.1) is 0 Å². The predicted molar refractivity (Wildman–Crippen MR) is 110 cm³/mol. The van der Waals surface area contributed by atoms with Gasteiger partial charge in [-0.2, -0.15) is 0 Å². The number of ether oxygens (including phenoxy) is 1. The number of carboxylic acid groups (broad SMARTS) is 1. The van der Waals surface area contributed by atoms with Crippen LogP contribution in [0.5, 0.6) is 5.75 Å². The molecule has 0 aromatic heterocycles. The molecule has 2 aromatic carbocycles. The van der Waals surface area contributed by atoms with Crippen molar-refractivity contribution in [3.8, 4) is 5.75 Å². The van der Waals surface area contributed by atoms with Gasteiger partial charge in [0.2, 0.25) is 0 Å². The number of aromatic carboxylic acids is 1. The van der Waals surface area contributed by atoms with Crippen LogP contribution in [0, 0.1) is 0 Å². The lowest BCUT2D eigenvalue weighted by molar-refractivity contribution is 0.0697. The summed E-state index contributed by atoms with van der Waals surface area (Å²) in [6.07, 6.45) is 3.14. The van der Waals surface area contributed by atoms with Crippen molar-refractivity contribution in [1.82, 2.24) is 0 Å². The highest BCUT2D eigenvalue weighted by Crippen LogP contribution is 2.30. The van der Waals surface area contributed by atoms with Gasteiger partial charge in [0, 0.05) is 5.69 Å². The van der Waals surface area contributed by atoms with Crippen LogP contribution in [0.4, 0.5) is 5.69 Å². The lowest BCUT2D eigenvalue weighted by atomic mass is 10.0. The molecule has 0 aliphatic carbocycles. The van der Waals surface area contributed by atoms with Crippen molar-refractivity contribution < 1.29 is 23.1 Å². The minimum absolute atomic E-state index is 0.0129. The van der Waals surface area contributed by atoms with Crippen LogP contribution in [0.2, 0.25) is 0 Å². The Morgan fingerprint density at radius 1 is 1.14 bits per heavy atom. The number of hydrogen-bond acceptors (Lipinski definition) is 4. The van der Waals surface area contributed by atoms with Gasteiger partial charge in [0.05, 0.1) is 17.1 Å². The number of sulfonamides is 1. The Balaban J connectivity index is 2.26. The third-order valence-electron chi connectivity index (χ3n) is 4.28. The number of hydrogen-bond donors (Lipinski definition) is 2. The van der Waals surface area contributed by atoms with E-state index in [4.69, 9.17) is 9.84 Å². The van der Waals surface area contributed by atoms with E-state index in [1.165, 1.54) is 30.3 Å². The van der Waals surface area contributed by atoms with Crippen LogP contribution in [0.25, 0.3) is 0 Å². The molecule has 0 amide bonds. The van der Waals surface area contributed by atoms with Crippen molar-refractivity contribution >= 4 is 21.7 Å². The maximum atomic E-state index is 12.8. The van der Waals surface area contributed by atoms with Gasteiger partial charge in [0.25, 0.3) is 10.0 Å². The average Bonchev–Trinajstić information content (AvgIpc) is 2.65. The van der Waals surface area contributed by atoms with Crippen LogP contribution in [0.3, 0.4) is 0 Å². The zero-order chi connectivity index (χ0) is 20.7. The molecule has 0 atom stereocenters. The first-order valence-corrected chi connectivity index (χ1v) is 10.9. The summed E-state index contributed by atoms with van der Waals surface area (Å²) >= 11 is 0. The van der Waals surface area contributed by atoms with Crippen LogP contribution >= 0.6 is 0 Å². The Kier molecular flexibility index (Phi) is 7.45. The largest absolute Gasteiger partial charge is 0.493 e. The molecule has 0 fully saturated rings. The summed E-state index contributed by atoms with van der Waals surface area (Å²) in [6, 6.07) is 10.5. The van der Waals surface area contributed by atoms with E-state index in [1.54, 1.807) is 12.1 Å². The Morgan fingerprint density at radius 3 is 2.54 bits per heavy atom. The molecule has 0 spiro atoms. The van der Waals surface area contributed by atoms with E-state index in [0.717, 1.165) is 24.8 Å². The molecular formula is C21H27NO5S. The van der Waals surface area contributed by atoms with Gasteiger partial charge in [0.15, 0.2) is 0 Å². The van der Waals surface area contributed by atoms with Crippen molar-refractivity contribution in [2.45, 2.75) is 50.8 Å². The summed E-state index contributed by atoms with van der Waals surface area (Å²) in [5, 5.41) is 9.07. The van der Waals surface area contributed by atoms with Crippen molar-refractivity contribution in [3.63, 3.8) is 0 Å². The Labute approximate surface area is 166 Å². The van der Waals surface area contributed by atoms with Crippen molar-refractivity contribution in [2.24, 2.45) is 0 Å². The van der Waals surface area contributed by atoms with Gasteiger partial charge >= 0.3 is 5.97 Å². The number of carboxylic acids is 1. The molecule has 0 bridgehead atoms. The Bertz CT molecular complexity index is 922. The standard InChI is InChI=1S/C21H27NO5S/c1-4-5-6-12-27-20-11-10-18(14-19(20)15(2)3)28(25,26)22-17-9-7-8-16(13-17)21(23)24/h7-11,13-15,22H,4-6,12H2,1-3H3,(H,23,24). The first-order valence-electron chi connectivity index (χ1n) is 9.37. The zero-order valence-corrected chi connectivity index (χ0v) is 17.3. The van der Waals surface area contributed by atoms with Crippen molar-refractivity contribution in [2.75, 3.05) is 11.3 Å². The van der Waals surface area contributed by atoms with Gasteiger partial charge in [0.1, 0.15) is 5.75 Å². The van der Waals surface area contributed by atoms with Crippen molar-refractivity contribution in [3.05, 3.63) is 53.6 Å². The van der Waals surface area contributed by atoms with E-state index in [-0.39, 0.29) is 22.1 Å². The van der Waals surface area contributed by atoms with Gasteiger partial charge in [-0.3, -0.25) is 4.72 Å². The summed E-state index contributed by atoms with van der Waals surface area (Å²) in [5.74, 6) is -0.336. The minimum atomic E-state index is -3.86. The molecule has 2 aromatic rings. The van der Waals surface area contributed by atoms with E-state index in [1.807, 2.05) is 13.8 Å². The summed E-state index contributed by atoms with van der Waals surface area (Å²) in [6.45, 7) is 6.68. The molecule has 2 N–H and O–H groups in total. The number of unbranched alkanes of at least 4 members (excludes halogenated alkanes) is 2. The van der Waals surface area contributed by atoms with E-state index >= 15 is 0 Å². The molecule has 2 rings (SSSR count). The lowest BCUT2D eigenvalue weighted by Crippen LogP contribution is -2.14. The Morgan fingerprint density at radius 2 is 1.89 bits per heavy atom. The predicted octanol–water partition coefficient (Wildman–Crippen LogP) is 4.88. The smallest absolute Gasteiger partial charge is 0.335 e. The third-order valence-corrected chi connectivity index (χ3v) is 5.66. The molecule has 0 saturated heterocycles. The SMILES string of the molecule is CCCCCOc1ccc(S(=O)(=O)Nc2cccc(C(=O)O)c2)cc1C(C)C. The number of carbonyl (C=O) groups is 1. The topological polar surface area (TPSA) is 92.7 Å². The van der Waals surface area contributed by atoms with E-state index < -0.39 is 16.0 Å².